The predicted molar refractivity (Wildman–Crippen MR) is 58.9 cm³/mol. The van der Waals surface area contributed by atoms with Gasteiger partial charge in [-0.15, -0.1) is 0 Å². The SMILES string of the molecule is CC(=O)Nc1ccc(S(=O)(=O)CC=O)cc1. The van der Waals surface area contributed by atoms with E-state index in [-0.39, 0.29) is 10.8 Å². The molecule has 1 N–H and O–H groups in total. The number of hydrogen-bond donors (Lipinski definition) is 1. The molecule has 16 heavy (non-hydrogen) atoms. The Morgan fingerprint density at radius 1 is 1.31 bits per heavy atom. The second-order valence-corrected chi connectivity index (χ2v) is 5.19. The van der Waals surface area contributed by atoms with Gasteiger partial charge in [0.05, 0.1) is 4.90 Å². The third kappa shape index (κ3) is 3.16. The van der Waals surface area contributed by atoms with Gasteiger partial charge in [0.2, 0.25) is 5.91 Å². The molecule has 0 aliphatic carbocycles. The fraction of sp³-hybridized carbons (Fsp3) is 0.200. The first-order chi connectivity index (χ1) is 7.45. The minimum Gasteiger partial charge on any atom is -0.326 e. The summed E-state index contributed by atoms with van der Waals surface area (Å²) in [5.74, 6) is -0.768. The third-order valence-corrected chi connectivity index (χ3v) is 3.39. The lowest BCUT2D eigenvalue weighted by molar-refractivity contribution is -0.114. The average Bonchev–Trinajstić information content (AvgIpc) is 2.17. The lowest BCUT2D eigenvalue weighted by atomic mass is 10.3. The smallest absolute Gasteiger partial charge is 0.221 e. The van der Waals surface area contributed by atoms with Gasteiger partial charge < -0.3 is 10.1 Å². The van der Waals surface area contributed by atoms with Gasteiger partial charge in [-0.2, -0.15) is 0 Å². The lowest BCUT2D eigenvalue weighted by Crippen LogP contribution is -2.09. The molecule has 1 rings (SSSR count). The molecule has 0 saturated carbocycles. The van der Waals surface area contributed by atoms with E-state index in [4.69, 9.17) is 0 Å². The van der Waals surface area contributed by atoms with E-state index in [2.05, 4.69) is 5.32 Å². The van der Waals surface area contributed by atoms with Crippen molar-refractivity contribution in [2.75, 3.05) is 11.1 Å². The van der Waals surface area contributed by atoms with E-state index in [1.54, 1.807) is 0 Å². The first-order valence-electron chi connectivity index (χ1n) is 4.50. The normalized spacial score (nSPS) is 10.8. The van der Waals surface area contributed by atoms with E-state index >= 15 is 0 Å². The number of carbonyl (C=O) groups excluding carboxylic acids is 2. The molecule has 6 heteroatoms. The van der Waals surface area contributed by atoms with Crippen molar-refractivity contribution in [1.29, 1.82) is 0 Å². The van der Waals surface area contributed by atoms with Crippen LogP contribution in [0.25, 0.3) is 0 Å². The largest absolute Gasteiger partial charge is 0.326 e. The topological polar surface area (TPSA) is 80.3 Å². The minimum atomic E-state index is -3.54. The summed E-state index contributed by atoms with van der Waals surface area (Å²) < 4.78 is 22.9. The number of carbonyl (C=O) groups is 2. The lowest BCUT2D eigenvalue weighted by Gasteiger charge is -2.03. The summed E-state index contributed by atoms with van der Waals surface area (Å²) in [5.41, 5.74) is 0.512. The van der Waals surface area contributed by atoms with Crippen molar-refractivity contribution in [3.63, 3.8) is 0 Å². The highest BCUT2D eigenvalue weighted by molar-refractivity contribution is 7.92. The van der Waals surface area contributed by atoms with E-state index in [9.17, 15) is 18.0 Å². The molecule has 0 aromatic heterocycles. The average molecular weight is 241 g/mol. The van der Waals surface area contributed by atoms with Gasteiger partial charge in [0.1, 0.15) is 12.0 Å². The Bertz CT molecular complexity index is 490. The van der Waals surface area contributed by atoms with Crippen molar-refractivity contribution in [2.24, 2.45) is 0 Å². The summed E-state index contributed by atoms with van der Waals surface area (Å²) in [6.45, 7) is 1.36. The minimum absolute atomic E-state index is 0.0636. The van der Waals surface area contributed by atoms with Crippen molar-refractivity contribution >= 4 is 27.7 Å². The molecule has 0 unspecified atom stereocenters. The zero-order valence-corrected chi connectivity index (χ0v) is 9.45. The second kappa shape index (κ2) is 4.89. The summed E-state index contributed by atoms with van der Waals surface area (Å²) in [5, 5.41) is 2.51. The van der Waals surface area contributed by atoms with E-state index < -0.39 is 15.6 Å². The summed E-state index contributed by atoms with van der Waals surface area (Å²) in [4.78, 5) is 21.0. The zero-order valence-electron chi connectivity index (χ0n) is 8.64. The van der Waals surface area contributed by atoms with Crippen molar-refractivity contribution in [3.05, 3.63) is 24.3 Å². The molecule has 5 nitrogen and oxygen atoms in total. The first-order valence-corrected chi connectivity index (χ1v) is 6.15. The van der Waals surface area contributed by atoms with Gasteiger partial charge in [0.25, 0.3) is 0 Å². The molecule has 0 atom stereocenters. The number of hydrogen-bond acceptors (Lipinski definition) is 4. The quantitative estimate of drug-likeness (QED) is 0.783. The van der Waals surface area contributed by atoms with Gasteiger partial charge in [-0.05, 0) is 24.3 Å². The highest BCUT2D eigenvalue weighted by Gasteiger charge is 2.13. The molecule has 0 radical (unpaired) electrons. The van der Waals surface area contributed by atoms with Crippen LogP contribution in [0.15, 0.2) is 29.2 Å². The zero-order chi connectivity index (χ0) is 12.2. The molecule has 86 valence electrons. The van der Waals surface area contributed by atoms with Gasteiger partial charge in [-0.1, -0.05) is 0 Å². The van der Waals surface area contributed by atoms with Gasteiger partial charge in [0.15, 0.2) is 9.84 Å². The van der Waals surface area contributed by atoms with Gasteiger partial charge in [-0.3, -0.25) is 4.79 Å². The molecule has 1 aromatic rings. The third-order valence-electron chi connectivity index (χ3n) is 1.82. The number of sulfone groups is 1. The molecule has 0 spiro atoms. The Balaban J connectivity index is 2.95. The molecule has 1 amide bonds. The Kier molecular flexibility index (Phi) is 3.78. The molecule has 0 fully saturated rings. The Labute approximate surface area is 93.4 Å². The standard InChI is InChI=1S/C10H11NO4S/c1-8(13)11-9-2-4-10(5-3-9)16(14,15)7-6-12/h2-6H,7H2,1H3,(H,11,13). The Morgan fingerprint density at radius 3 is 2.31 bits per heavy atom. The van der Waals surface area contributed by atoms with E-state index in [0.717, 1.165) is 0 Å². The van der Waals surface area contributed by atoms with Crippen LogP contribution in [0.5, 0.6) is 0 Å². The summed E-state index contributed by atoms with van der Waals surface area (Å²) in [7, 11) is -3.54. The number of anilines is 1. The van der Waals surface area contributed by atoms with Gasteiger partial charge in [0, 0.05) is 12.6 Å². The van der Waals surface area contributed by atoms with Gasteiger partial charge >= 0.3 is 0 Å². The molecule has 1 aromatic carbocycles. The van der Waals surface area contributed by atoms with E-state index in [1.165, 1.54) is 31.2 Å². The molecule has 0 aliphatic heterocycles. The summed E-state index contributed by atoms with van der Waals surface area (Å²) in [6.07, 6.45) is 0.344. The van der Waals surface area contributed by atoms with Crippen LogP contribution in [0, 0.1) is 0 Å². The van der Waals surface area contributed by atoms with Gasteiger partial charge in [-0.25, -0.2) is 8.42 Å². The van der Waals surface area contributed by atoms with Crippen LogP contribution in [0.2, 0.25) is 0 Å². The van der Waals surface area contributed by atoms with Crippen molar-refractivity contribution < 1.29 is 18.0 Å². The molecule has 0 aliphatic rings. The highest BCUT2D eigenvalue weighted by Crippen LogP contribution is 2.14. The molecule has 0 heterocycles. The van der Waals surface area contributed by atoms with Crippen LogP contribution in [0.1, 0.15) is 6.92 Å². The number of amides is 1. The predicted octanol–water partition coefficient (Wildman–Crippen LogP) is 0.618. The molecular weight excluding hydrogens is 230 g/mol. The van der Waals surface area contributed by atoms with Crippen molar-refractivity contribution in [2.45, 2.75) is 11.8 Å². The highest BCUT2D eigenvalue weighted by atomic mass is 32.2. The van der Waals surface area contributed by atoms with Crippen molar-refractivity contribution in [1.82, 2.24) is 0 Å². The number of benzene rings is 1. The fourth-order valence-corrected chi connectivity index (χ4v) is 2.06. The summed E-state index contributed by atoms with van der Waals surface area (Å²) in [6, 6.07) is 5.65. The maximum Gasteiger partial charge on any atom is 0.221 e. The Hall–Kier alpha value is -1.69. The molecule has 0 saturated heterocycles. The number of aldehydes is 1. The molecule has 0 bridgehead atoms. The summed E-state index contributed by atoms with van der Waals surface area (Å²) >= 11 is 0. The fourth-order valence-electron chi connectivity index (χ4n) is 1.13. The van der Waals surface area contributed by atoms with Crippen LogP contribution in [-0.4, -0.2) is 26.4 Å². The molecular formula is C10H11NO4S. The van der Waals surface area contributed by atoms with Crippen LogP contribution < -0.4 is 5.32 Å². The van der Waals surface area contributed by atoms with Crippen LogP contribution in [0.3, 0.4) is 0 Å². The maximum atomic E-state index is 11.4. The van der Waals surface area contributed by atoms with Crippen LogP contribution >= 0.6 is 0 Å². The van der Waals surface area contributed by atoms with Crippen LogP contribution in [0.4, 0.5) is 5.69 Å². The first kappa shape index (κ1) is 12.4. The maximum absolute atomic E-state index is 11.4. The second-order valence-electron chi connectivity index (χ2n) is 3.15. The van der Waals surface area contributed by atoms with Crippen molar-refractivity contribution in [3.8, 4) is 0 Å². The Morgan fingerprint density at radius 2 is 1.88 bits per heavy atom. The van der Waals surface area contributed by atoms with Crippen LogP contribution in [-0.2, 0) is 19.4 Å². The number of rotatable bonds is 4. The van der Waals surface area contributed by atoms with E-state index in [1.807, 2.05) is 0 Å². The van der Waals surface area contributed by atoms with E-state index in [0.29, 0.717) is 12.0 Å². The monoisotopic (exact) mass is 241 g/mol. The number of nitrogens with one attached hydrogen (secondary N) is 1.